The maximum Gasteiger partial charge on any atom is 0.325 e. The first-order chi connectivity index (χ1) is 7.91. The van der Waals surface area contributed by atoms with Gasteiger partial charge in [0.25, 0.3) is 0 Å². The number of methoxy groups -OCH3 is 1. The van der Waals surface area contributed by atoms with Crippen LogP contribution < -0.4 is 5.32 Å². The molecule has 0 aromatic heterocycles. The van der Waals surface area contributed by atoms with Gasteiger partial charge in [0.2, 0.25) is 10.0 Å². The lowest BCUT2D eigenvalue weighted by molar-refractivity contribution is -0.139. The third-order valence-corrected chi connectivity index (χ3v) is 5.35. The molecule has 1 rings (SSSR count). The van der Waals surface area contributed by atoms with Crippen LogP contribution in [-0.4, -0.2) is 57.2 Å². The minimum atomic E-state index is -3.63. The smallest absolute Gasteiger partial charge is 0.325 e. The average molecular weight is 264 g/mol. The fourth-order valence-corrected chi connectivity index (χ4v) is 3.32. The number of rotatable bonds is 4. The van der Waals surface area contributed by atoms with Crippen molar-refractivity contribution in [3.8, 4) is 0 Å². The van der Waals surface area contributed by atoms with Gasteiger partial charge in [-0.1, -0.05) is 0 Å². The summed E-state index contributed by atoms with van der Waals surface area (Å²) in [6, 6.07) is -0.0825. The first kappa shape index (κ1) is 14.4. The van der Waals surface area contributed by atoms with Crippen LogP contribution in [0, 0.1) is 0 Å². The summed E-state index contributed by atoms with van der Waals surface area (Å²) in [6.07, 6.45) is 1.76. The quantitative estimate of drug-likeness (QED) is 0.697. The van der Waals surface area contributed by atoms with Crippen LogP contribution in [0.4, 0.5) is 0 Å². The molecule has 0 amide bonds. The normalized spacial score (nSPS) is 23.4. The lowest BCUT2D eigenvalue weighted by Crippen LogP contribution is -2.50. The Kier molecular flexibility index (Phi) is 4.91. The van der Waals surface area contributed by atoms with Crippen LogP contribution in [0.15, 0.2) is 0 Å². The number of piperidine rings is 1. The highest BCUT2D eigenvalue weighted by atomic mass is 32.2. The van der Waals surface area contributed by atoms with Crippen molar-refractivity contribution in [1.82, 2.24) is 9.62 Å². The molecule has 7 heteroatoms. The van der Waals surface area contributed by atoms with Gasteiger partial charge in [-0.15, -0.1) is 0 Å². The number of nitrogens with zero attached hydrogens (tertiary/aromatic N) is 1. The topological polar surface area (TPSA) is 75.7 Å². The second-order valence-corrected chi connectivity index (χ2v) is 6.54. The largest absolute Gasteiger partial charge is 0.468 e. The highest BCUT2D eigenvalue weighted by Gasteiger charge is 2.36. The summed E-state index contributed by atoms with van der Waals surface area (Å²) in [5.41, 5.74) is 0. The van der Waals surface area contributed by atoms with Gasteiger partial charge in [0.15, 0.2) is 5.25 Å². The number of carbonyl (C=O) groups is 1. The Morgan fingerprint density at radius 2 is 2.18 bits per heavy atom. The third-order valence-electron chi connectivity index (χ3n) is 3.17. The molecule has 0 bridgehead atoms. The van der Waals surface area contributed by atoms with Crippen LogP contribution in [0.2, 0.25) is 0 Å². The zero-order valence-corrected chi connectivity index (χ0v) is 11.3. The predicted octanol–water partition coefficient (Wildman–Crippen LogP) is -0.438. The lowest BCUT2D eigenvalue weighted by Gasteiger charge is -2.32. The SMILES string of the molecule is COC(=O)C(C)S(=O)(=O)N(C)C1CCCNC1. The molecule has 0 saturated carbocycles. The first-order valence-electron chi connectivity index (χ1n) is 5.66. The van der Waals surface area contributed by atoms with Crippen LogP contribution in [0.3, 0.4) is 0 Å². The Labute approximate surface area is 102 Å². The van der Waals surface area contributed by atoms with Gasteiger partial charge in [-0.2, -0.15) is 4.31 Å². The van der Waals surface area contributed by atoms with Crippen molar-refractivity contribution >= 4 is 16.0 Å². The van der Waals surface area contributed by atoms with Gasteiger partial charge in [0.1, 0.15) is 0 Å². The molecule has 17 heavy (non-hydrogen) atoms. The molecule has 0 aliphatic carbocycles. The van der Waals surface area contributed by atoms with E-state index in [4.69, 9.17) is 0 Å². The summed E-state index contributed by atoms with van der Waals surface area (Å²) in [5, 5.41) is 1.99. The Morgan fingerprint density at radius 1 is 1.53 bits per heavy atom. The monoisotopic (exact) mass is 264 g/mol. The van der Waals surface area contributed by atoms with E-state index >= 15 is 0 Å². The fraction of sp³-hybridized carbons (Fsp3) is 0.900. The minimum absolute atomic E-state index is 0.0825. The van der Waals surface area contributed by atoms with E-state index in [2.05, 4.69) is 10.1 Å². The maximum absolute atomic E-state index is 12.1. The van der Waals surface area contributed by atoms with Crippen LogP contribution in [0.25, 0.3) is 0 Å². The number of hydrogen-bond acceptors (Lipinski definition) is 5. The molecule has 2 atom stereocenters. The van der Waals surface area contributed by atoms with Crippen molar-refractivity contribution in [2.24, 2.45) is 0 Å². The van der Waals surface area contributed by atoms with Crippen molar-refractivity contribution in [2.75, 3.05) is 27.2 Å². The molecule has 6 nitrogen and oxygen atoms in total. The second-order valence-electron chi connectivity index (χ2n) is 4.23. The first-order valence-corrected chi connectivity index (χ1v) is 7.17. The van der Waals surface area contributed by atoms with Crippen LogP contribution in [0.5, 0.6) is 0 Å². The van der Waals surface area contributed by atoms with E-state index in [9.17, 15) is 13.2 Å². The second kappa shape index (κ2) is 5.79. The zero-order valence-electron chi connectivity index (χ0n) is 10.5. The van der Waals surface area contributed by atoms with E-state index in [1.165, 1.54) is 25.4 Å². The van der Waals surface area contributed by atoms with Gasteiger partial charge in [0.05, 0.1) is 7.11 Å². The highest BCUT2D eigenvalue weighted by molar-refractivity contribution is 7.90. The van der Waals surface area contributed by atoms with E-state index in [0.717, 1.165) is 19.4 Å². The molecular formula is C10H20N2O4S. The van der Waals surface area contributed by atoms with Gasteiger partial charge in [-0.3, -0.25) is 4.79 Å². The van der Waals surface area contributed by atoms with Gasteiger partial charge < -0.3 is 10.1 Å². The Bertz CT molecular complexity index is 363. The summed E-state index contributed by atoms with van der Waals surface area (Å²) < 4.78 is 30.0. The Balaban J connectivity index is 2.78. The molecule has 1 saturated heterocycles. The molecule has 1 fully saturated rings. The molecule has 2 unspecified atom stereocenters. The van der Waals surface area contributed by atoms with E-state index in [-0.39, 0.29) is 6.04 Å². The van der Waals surface area contributed by atoms with E-state index in [0.29, 0.717) is 6.54 Å². The molecule has 0 spiro atoms. The number of sulfonamides is 1. The van der Waals surface area contributed by atoms with E-state index in [1.54, 1.807) is 0 Å². The van der Waals surface area contributed by atoms with Crippen molar-refractivity contribution < 1.29 is 17.9 Å². The van der Waals surface area contributed by atoms with Crippen molar-refractivity contribution in [3.05, 3.63) is 0 Å². The predicted molar refractivity (Wildman–Crippen MR) is 64.1 cm³/mol. The van der Waals surface area contributed by atoms with Crippen LogP contribution in [-0.2, 0) is 19.6 Å². The molecule has 0 aromatic carbocycles. The average Bonchev–Trinajstić information content (AvgIpc) is 2.36. The van der Waals surface area contributed by atoms with Crippen LogP contribution in [0.1, 0.15) is 19.8 Å². The van der Waals surface area contributed by atoms with E-state index in [1.807, 2.05) is 0 Å². The number of likely N-dealkylation sites (N-methyl/N-ethyl adjacent to an activating group) is 1. The van der Waals surface area contributed by atoms with Crippen molar-refractivity contribution in [2.45, 2.75) is 31.1 Å². The highest BCUT2D eigenvalue weighted by Crippen LogP contribution is 2.16. The van der Waals surface area contributed by atoms with E-state index < -0.39 is 21.2 Å². The van der Waals surface area contributed by atoms with Gasteiger partial charge in [-0.25, -0.2) is 8.42 Å². The summed E-state index contributed by atoms with van der Waals surface area (Å²) in [7, 11) is -0.920. The summed E-state index contributed by atoms with van der Waals surface area (Å²) >= 11 is 0. The molecule has 1 N–H and O–H groups in total. The van der Waals surface area contributed by atoms with Crippen molar-refractivity contribution in [3.63, 3.8) is 0 Å². The zero-order chi connectivity index (χ0) is 13.1. The maximum atomic E-state index is 12.1. The minimum Gasteiger partial charge on any atom is -0.468 e. The fourth-order valence-electron chi connectivity index (χ4n) is 1.89. The number of ether oxygens (including phenoxy) is 1. The summed E-state index contributed by atoms with van der Waals surface area (Å²) in [5.74, 6) is -0.722. The van der Waals surface area contributed by atoms with Gasteiger partial charge in [0, 0.05) is 19.6 Å². The van der Waals surface area contributed by atoms with Gasteiger partial charge >= 0.3 is 5.97 Å². The summed E-state index contributed by atoms with van der Waals surface area (Å²) in [6.45, 7) is 2.90. The summed E-state index contributed by atoms with van der Waals surface area (Å²) in [4.78, 5) is 11.3. The molecule has 0 radical (unpaired) electrons. The van der Waals surface area contributed by atoms with Crippen LogP contribution >= 0.6 is 0 Å². The standard InChI is InChI=1S/C10H20N2O4S/c1-8(10(13)16-3)17(14,15)12(2)9-5-4-6-11-7-9/h8-9,11H,4-7H2,1-3H3. The molecule has 1 aliphatic heterocycles. The number of carbonyl (C=O) groups excluding carboxylic acids is 1. The lowest BCUT2D eigenvalue weighted by atomic mass is 10.1. The van der Waals surface area contributed by atoms with Gasteiger partial charge in [-0.05, 0) is 26.3 Å². The Hall–Kier alpha value is -0.660. The molecule has 1 aliphatic rings. The number of nitrogens with one attached hydrogen (secondary N) is 1. The molecule has 0 aromatic rings. The molecule has 1 heterocycles. The molecular weight excluding hydrogens is 244 g/mol. The Morgan fingerprint density at radius 3 is 2.65 bits per heavy atom. The number of hydrogen-bond donors (Lipinski definition) is 1. The number of esters is 1. The van der Waals surface area contributed by atoms with Crippen molar-refractivity contribution in [1.29, 1.82) is 0 Å². The molecule has 100 valence electrons. The third kappa shape index (κ3) is 3.17.